The number of aliphatic hydroxyl groups excluding tert-OH is 1. The van der Waals surface area contributed by atoms with E-state index in [0.717, 1.165) is 22.3 Å². The van der Waals surface area contributed by atoms with Crippen LogP contribution in [-0.4, -0.2) is 67.2 Å². The van der Waals surface area contributed by atoms with Gasteiger partial charge in [-0.3, -0.25) is 9.59 Å². The number of fused-ring (bicyclic) bond motifs is 3. The molecule has 33 heavy (non-hydrogen) atoms. The molecule has 0 spiro atoms. The first-order valence-corrected chi connectivity index (χ1v) is 10.7. The van der Waals surface area contributed by atoms with E-state index in [1.807, 2.05) is 48.5 Å². The summed E-state index contributed by atoms with van der Waals surface area (Å²) in [6, 6.07) is 14.5. The smallest absolute Gasteiger partial charge is 0.407 e. The van der Waals surface area contributed by atoms with Crippen molar-refractivity contribution in [2.45, 2.75) is 18.4 Å². The monoisotopic (exact) mass is 454 g/mol. The van der Waals surface area contributed by atoms with Crippen LogP contribution in [0.4, 0.5) is 4.79 Å². The van der Waals surface area contributed by atoms with Gasteiger partial charge in [0, 0.05) is 12.5 Å². The molecule has 1 fully saturated rings. The number of carbonyl (C=O) groups excluding carboxylic acids is 2. The van der Waals surface area contributed by atoms with E-state index in [-0.39, 0.29) is 25.7 Å². The molecule has 0 aromatic heterocycles. The summed E-state index contributed by atoms with van der Waals surface area (Å²) >= 11 is 0. The van der Waals surface area contributed by atoms with Crippen LogP contribution in [0.5, 0.6) is 0 Å². The van der Waals surface area contributed by atoms with Crippen molar-refractivity contribution in [3.8, 4) is 11.1 Å². The lowest BCUT2D eigenvalue weighted by atomic mass is 9.87. The van der Waals surface area contributed by atoms with Gasteiger partial charge in [0.2, 0.25) is 5.91 Å². The number of benzene rings is 2. The molecule has 0 radical (unpaired) electrons. The summed E-state index contributed by atoms with van der Waals surface area (Å²) < 4.78 is 10.5. The third kappa shape index (κ3) is 4.84. The quantitative estimate of drug-likeness (QED) is 0.451. The largest absolute Gasteiger partial charge is 0.481 e. The number of carboxylic acids is 1. The first kappa shape index (κ1) is 22.8. The van der Waals surface area contributed by atoms with E-state index in [1.165, 1.54) is 0 Å². The molecule has 1 atom stereocenters. The second kappa shape index (κ2) is 9.60. The second-order valence-corrected chi connectivity index (χ2v) is 8.49. The van der Waals surface area contributed by atoms with Gasteiger partial charge in [-0.1, -0.05) is 48.5 Å². The van der Waals surface area contributed by atoms with Gasteiger partial charge in [-0.2, -0.15) is 0 Å². The molecule has 1 heterocycles. The summed E-state index contributed by atoms with van der Waals surface area (Å²) in [5.41, 5.74) is 3.69. The number of nitrogens with one attached hydrogen (secondary N) is 2. The Bertz CT molecular complexity index is 1000. The standard InChI is InChI=1S/C24H26N2O7/c27-12-24(13-32-14-24)11-25-22(30)20(9-21(28)29)26-23(31)33-10-19-17-7-3-1-5-15(17)16-6-2-4-8-18(16)19/h1-8,19-20,27H,9-14H2,(H,25,30)(H,26,31)(H,28,29). The Kier molecular flexibility index (Phi) is 6.62. The lowest BCUT2D eigenvalue weighted by Crippen LogP contribution is -2.56. The normalized spacial score (nSPS) is 16.6. The molecule has 1 aliphatic heterocycles. The molecule has 2 amide bonds. The van der Waals surface area contributed by atoms with Crippen molar-refractivity contribution >= 4 is 18.0 Å². The summed E-state index contributed by atoms with van der Waals surface area (Å²) in [5.74, 6) is -2.05. The number of amides is 2. The van der Waals surface area contributed by atoms with E-state index in [0.29, 0.717) is 13.2 Å². The van der Waals surface area contributed by atoms with Crippen LogP contribution in [0.25, 0.3) is 11.1 Å². The molecule has 4 rings (SSSR count). The van der Waals surface area contributed by atoms with Crippen LogP contribution >= 0.6 is 0 Å². The molecule has 2 aliphatic rings. The van der Waals surface area contributed by atoms with Crippen LogP contribution in [0, 0.1) is 5.41 Å². The average molecular weight is 454 g/mol. The highest BCUT2D eigenvalue weighted by atomic mass is 16.5. The van der Waals surface area contributed by atoms with Gasteiger partial charge in [-0.15, -0.1) is 0 Å². The molecular weight excluding hydrogens is 428 g/mol. The van der Waals surface area contributed by atoms with Gasteiger partial charge in [0.25, 0.3) is 0 Å². The highest BCUT2D eigenvalue weighted by Crippen LogP contribution is 2.44. The minimum atomic E-state index is -1.31. The third-order valence-electron chi connectivity index (χ3n) is 6.12. The second-order valence-electron chi connectivity index (χ2n) is 8.49. The Balaban J connectivity index is 1.38. The summed E-state index contributed by atoms with van der Waals surface area (Å²) in [7, 11) is 0. The van der Waals surface area contributed by atoms with Crippen molar-refractivity contribution < 1.29 is 34.1 Å². The molecule has 0 saturated carbocycles. The van der Waals surface area contributed by atoms with Crippen LogP contribution in [-0.2, 0) is 19.1 Å². The van der Waals surface area contributed by atoms with Crippen molar-refractivity contribution in [2.75, 3.05) is 33.0 Å². The zero-order valence-corrected chi connectivity index (χ0v) is 18.0. The van der Waals surface area contributed by atoms with Crippen molar-refractivity contribution in [1.29, 1.82) is 0 Å². The Labute approximate surface area is 190 Å². The highest BCUT2D eigenvalue weighted by molar-refractivity contribution is 5.89. The summed E-state index contributed by atoms with van der Waals surface area (Å²) in [5, 5.41) is 23.6. The van der Waals surface area contributed by atoms with Gasteiger partial charge in [0.1, 0.15) is 12.6 Å². The lowest BCUT2D eigenvalue weighted by Gasteiger charge is -2.40. The molecule has 9 nitrogen and oxygen atoms in total. The van der Waals surface area contributed by atoms with E-state index in [4.69, 9.17) is 14.6 Å². The fraction of sp³-hybridized carbons (Fsp3) is 0.375. The molecule has 174 valence electrons. The zero-order chi connectivity index (χ0) is 23.4. The molecule has 1 unspecified atom stereocenters. The van der Waals surface area contributed by atoms with E-state index in [9.17, 15) is 19.5 Å². The lowest BCUT2D eigenvalue weighted by molar-refractivity contribution is -0.144. The molecule has 9 heteroatoms. The number of hydrogen-bond acceptors (Lipinski definition) is 6. The first-order valence-electron chi connectivity index (χ1n) is 10.7. The molecule has 2 aromatic rings. The fourth-order valence-corrected chi connectivity index (χ4v) is 4.20. The van der Waals surface area contributed by atoms with Gasteiger partial charge in [0.05, 0.1) is 31.7 Å². The fourth-order valence-electron chi connectivity index (χ4n) is 4.20. The third-order valence-corrected chi connectivity index (χ3v) is 6.12. The van der Waals surface area contributed by atoms with Crippen LogP contribution in [0.2, 0.25) is 0 Å². The van der Waals surface area contributed by atoms with Crippen molar-refractivity contribution in [3.63, 3.8) is 0 Å². The predicted molar refractivity (Wildman–Crippen MR) is 118 cm³/mol. The molecule has 1 aliphatic carbocycles. The van der Waals surface area contributed by atoms with E-state index in [2.05, 4.69) is 10.6 Å². The van der Waals surface area contributed by atoms with Gasteiger partial charge in [-0.05, 0) is 22.3 Å². The van der Waals surface area contributed by atoms with E-state index < -0.39 is 35.8 Å². The van der Waals surface area contributed by atoms with Crippen molar-refractivity contribution in [3.05, 3.63) is 59.7 Å². The Morgan fingerprint density at radius 1 is 1.06 bits per heavy atom. The topological polar surface area (TPSA) is 134 Å². The number of aliphatic hydroxyl groups is 1. The predicted octanol–water partition coefficient (Wildman–Crippen LogP) is 1.49. The van der Waals surface area contributed by atoms with Gasteiger partial charge >= 0.3 is 12.1 Å². The van der Waals surface area contributed by atoms with Crippen LogP contribution in [0.15, 0.2) is 48.5 Å². The summed E-state index contributed by atoms with van der Waals surface area (Å²) in [6.07, 6.45) is -1.47. The highest BCUT2D eigenvalue weighted by Gasteiger charge is 2.39. The minimum Gasteiger partial charge on any atom is -0.481 e. The first-order chi connectivity index (χ1) is 15.9. The molecule has 0 bridgehead atoms. The van der Waals surface area contributed by atoms with Crippen LogP contribution < -0.4 is 10.6 Å². The van der Waals surface area contributed by atoms with Crippen LogP contribution in [0.3, 0.4) is 0 Å². The Hall–Kier alpha value is -3.43. The van der Waals surface area contributed by atoms with Gasteiger partial charge in [-0.25, -0.2) is 4.79 Å². The number of rotatable bonds is 9. The summed E-state index contributed by atoms with van der Waals surface area (Å²) in [6.45, 7) is 0.591. The number of hydrogen-bond donors (Lipinski definition) is 4. The number of ether oxygens (including phenoxy) is 2. The molecule has 1 saturated heterocycles. The Morgan fingerprint density at radius 2 is 1.67 bits per heavy atom. The molecule has 2 aromatic carbocycles. The zero-order valence-electron chi connectivity index (χ0n) is 18.0. The van der Waals surface area contributed by atoms with Crippen molar-refractivity contribution in [2.24, 2.45) is 5.41 Å². The van der Waals surface area contributed by atoms with E-state index >= 15 is 0 Å². The number of aliphatic carboxylic acids is 1. The Morgan fingerprint density at radius 3 is 2.18 bits per heavy atom. The van der Waals surface area contributed by atoms with Crippen LogP contribution in [0.1, 0.15) is 23.5 Å². The van der Waals surface area contributed by atoms with E-state index in [1.54, 1.807) is 0 Å². The van der Waals surface area contributed by atoms with Crippen molar-refractivity contribution in [1.82, 2.24) is 10.6 Å². The molecule has 4 N–H and O–H groups in total. The number of carbonyl (C=O) groups is 3. The summed E-state index contributed by atoms with van der Waals surface area (Å²) in [4.78, 5) is 36.2. The minimum absolute atomic E-state index is 0.0479. The average Bonchev–Trinajstić information content (AvgIpc) is 3.10. The maximum Gasteiger partial charge on any atom is 0.407 e. The SMILES string of the molecule is O=C(O)CC(NC(=O)OCC1c2ccccc2-c2ccccc21)C(=O)NCC1(CO)COC1. The maximum atomic E-state index is 12.5. The van der Waals surface area contributed by atoms with Gasteiger partial charge < -0.3 is 30.3 Å². The number of alkyl carbamates (subject to hydrolysis) is 1. The number of carboxylic acid groups (broad SMARTS) is 1. The maximum absolute atomic E-state index is 12.5. The van der Waals surface area contributed by atoms with Gasteiger partial charge in [0.15, 0.2) is 0 Å². The molecular formula is C24H26N2O7.